The highest BCUT2D eigenvalue weighted by atomic mass is 32.2. The zero-order valence-electron chi connectivity index (χ0n) is 5.91. The molecule has 0 N–H and O–H groups in total. The normalized spacial score (nSPS) is 40.8. The van der Waals surface area contributed by atoms with E-state index in [-0.39, 0.29) is 0 Å². The van der Waals surface area contributed by atoms with Crippen molar-refractivity contribution < 1.29 is 9.47 Å². The summed E-state index contributed by atoms with van der Waals surface area (Å²) in [7, 11) is 0. The van der Waals surface area contributed by atoms with Gasteiger partial charge in [-0.2, -0.15) is 11.8 Å². The molecule has 0 spiro atoms. The van der Waals surface area contributed by atoms with Gasteiger partial charge in [0.2, 0.25) is 0 Å². The fourth-order valence-corrected chi connectivity index (χ4v) is 2.11. The second-order valence-corrected chi connectivity index (χ2v) is 3.91. The minimum absolute atomic E-state index is 0.424. The van der Waals surface area contributed by atoms with Gasteiger partial charge < -0.3 is 9.47 Å². The smallest absolute Gasteiger partial charge is 0.107 e. The van der Waals surface area contributed by atoms with Crippen molar-refractivity contribution in [3.8, 4) is 0 Å². The number of fused-ring (bicyclic) bond motifs is 1. The zero-order chi connectivity index (χ0) is 6.81. The first-order chi connectivity index (χ1) is 4.97. The molecule has 58 valence electrons. The Balaban J connectivity index is 1.83. The molecule has 0 bridgehead atoms. The van der Waals surface area contributed by atoms with E-state index >= 15 is 0 Å². The molecule has 2 rings (SSSR count). The molecule has 10 heavy (non-hydrogen) atoms. The van der Waals surface area contributed by atoms with Crippen LogP contribution in [0.1, 0.15) is 6.42 Å². The van der Waals surface area contributed by atoms with Crippen LogP contribution in [0.25, 0.3) is 0 Å². The van der Waals surface area contributed by atoms with Gasteiger partial charge in [0.1, 0.15) is 6.10 Å². The Bertz CT molecular complexity index is 104. The van der Waals surface area contributed by atoms with Crippen molar-refractivity contribution in [3.05, 3.63) is 0 Å². The summed E-state index contributed by atoms with van der Waals surface area (Å²) in [6.07, 6.45) is 2.03. The molecule has 2 heterocycles. The first kappa shape index (κ1) is 6.95. The lowest BCUT2D eigenvalue weighted by molar-refractivity contribution is -0.186. The first-order valence-corrected chi connectivity index (χ1v) is 4.93. The van der Waals surface area contributed by atoms with Crippen LogP contribution in [0.15, 0.2) is 0 Å². The average molecular weight is 160 g/mol. The lowest BCUT2D eigenvalue weighted by Crippen LogP contribution is -2.48. The maximum Gasteiger partial charge on any atom is 0.107 e. The van der Waals surface area contributed by atoms with Crippen molar-refractivity contribution in [2.24, 2.45) is 0 Å². The molecule has 0 aromatic carbocycles. The van der Waals surface area contributed by atoms with E-state index in [9.17, 15) is 0 Å². The quantitative estimate of drug-likeness (QED) is 0.524. The third kappa shape index (κ3) is 1.31. The summed E-state index contributed by atoms with van der Waals surface area (Å²) in [5, 5.41) is 0. The Hall–Kier alpha value is 0.270. The third-order valence-corrected chi connectivity index (χ3v) is 2.98. The van der Waals surface area contributed by atoms with Gasteiger partial charge in [-0.3, -0.25) is 0 Å². The van der Waals surface area contributed by atoms with Gasteiger partial charge in [0.25, 0.3) is 0 Å². The summed E-state index contributed by atoms with van der Waals surface area (Å²) >= 11 is 1.96. The topological polar surface area (TPSA) is 18.5 Å². The second-order valence-electron chi connectivity index (χ2n) is 2.68. The molecule has 0 saturated carbocycles. The van der Waals surface area contributed by atoms with Crippen LogP contribution in [0.2, 0.25) is 0 Å². The molecular formula is C7H12O2S. The van der Waals surface area contributed by atoms with E-state index in [0.29, 0.717) is 12.2 Å². The van der Waals surface area contributed by atoms with E-state index in [2.05, 4.69) is 0 Å². The van der Waals surface area contributed by atoms with Crippen LogP contribution in [0.5, 0.6) is 0 Å². The monoisotopic (exact) mass is 160 g/mol. The van der Waals surface area contributed by atoms with Gasteiger partial charge in [-0.05, 0) is 12.2 Å². The van der Waals surface area contributed by atoms with Gasteiger partial charge in [-0.15, -0.1) is 0 Å². The second kappa shape index (κ2) is 3.11. The largest absolute Gasteiger partial charge is 0.373 e. The summed E-state index contributed by atoms with van der Waals surface area (Å²) in [4.78, 5) is 0. The molecule has 2 aliphatic rings. The zero-order valence-corrected chi connectivity index (χ0v) is 6.73. The van der Waals surface area contributed by atoms with Gasteiger partial charge in [0.15, 0.2) is 0 Å². The lowest BCUT2D eigenvalue weighted by atomic mass is 10.1. The molecule has 0 aromatic heterocycles. The molecule has 0 aromatic rings. The highest BCUT2D eigenvalue weighted by Crippen LogP contribution is 2.23. The van der Waals surface area contributed by atoms with Gasteiger partial charge in [-0.1, -0.05) is 0 Å². The Morgan fingerprint density at radius 1 is 1.10 bits per heavy atom. The van der Waals surface area contributed by atoms with E-state index in [1.807, 2.05) is 11.8 Å². The predicted molar refractivity (Wildman–Crippen MR) is 41.4 cm³/mol. The Morgan fingerprint density at radius 3 is 2.90 bits per heavy atom. The number of rotatable bonds is 0. The lowest BCUT2D eigenvalue weighted by Gasteiger charge is -2.37. The average Bonchev–Trinajstić information content (AvgIpc) is 1.89. The highest BCUT2D eigenvalue weighted by molar-refractivity contribution is 7.99. The van der Waals surface area contributed by atoms with Crippen LogP contribution < -0.4 is 0 Å². The molecule has 2 saturated heterocycles. The molecule has 2 fully saturated rings. The van der Waals surface area contributed by atoms with Gasteiger partial charge in [-0.25, -0.2) is 0 Å². The molecule has 0 amide bonds. The standard InChI is InChI=1S/C7H12O2S/c1-3-10-4-2-8-7-5-9-6(1)7/h6-7H,1-5H2. The van der Waals surface area contributed by atoms with Crippen molar-refractivity contribution in [2.75, 3.05) is 24.7 Å². The summed E-state index contributed by atoms with van der Waals surface area (Å²) in [6.45, 7) is 1.74. The SMILES string of the molecule is C1CSCCC2OCC2O1. The summed E-state index contributed by atoms with van der Waals surface area (Å²) in [5.74, 6) is 2.40. The summed E-state index contributed by atoms with van der Waals surface area (Å²) < 4.78 is 10.9. The van der Waals surface area contributed by atoms with E-state index in [4.69, 9.17) is 9.47 Å². The van der Waals surface area contributed by atoms with Crippen LogP contribution in [-0.2, 0) is 9.47 Å². The van der Waals surface area contributed by atoms with Crippen molar-refractivity contribution in [1.29, 1.82) is 0 Å². The first-order valence-electron chi connectivity index (χ1n) is 3.78. The van der Waals surface area contributed by atoms with Gasteiger partial charge >= 0.3 is 0 Å². The van der Waals surface area contributed by atoms with Crippen molar-refractivity contribution in [1.82, 2.24) is 0 Å². The van der Waals surface area contributed by atoms with E-state index in [1.165, 1.54) is 12.2 Å². The van der Waals surface area contributed by atoms with Gasteiger partial charge in [0, 0.05) is 5.75 Å². The molecule has 0 aliphatic carbocycles. The van der Waals surface area contributed by atoms with E-state index in [1.54, 1.807) is 0 Å². The van der Waals surface area contributed by atoms with E-state index in [0.717, 1.165) is 19.0 Å². The van der Waals surface area contributed by atoms with Crippen LogP contribution in [0.4, 0.5) is 0 Å². The molecule has 3 heteroatoms. The van der Waals surface area contributed by atoms with Crippen LogP contribution >= 0.6 is 11.8 Å². The fourth-order valence-electron chi connectivity index (χ4n) is 1.30. The minimum Gasteiger partial charge on any atom is -0.373 e. The fraction of sp³-hybridized carbons (Fsp3) is 1.00. The van der Waals surface area contributed by atoms with Crippen molar-refractivity contribution >= 4 is 11.8 Å². The predicted octanol–water partition coefficient (Wildman–Crippen LogP) is 0.907. The summed E-state index contributed by atoms with van der Waals surface area (Å²) in [6, 6.07) is 0. The Kier molecular flexibility index (Phi) is 2.16. The molecular weight excluding hydrogens is 148 g/mol. The molecule has 2 atom stereocenters. The summed E-state index contributed by atoms with van der Waals surface area (Å²) in [5.41, 5.74) is 0. The number of hydrogen-bond acceptors (Lipinski definition) is 3. The maximum atomic E-state index is 5.54. The Labute approximate surface area is 65.3 Å². The number of thioether (sulfide) groups is 1. The van der Waals surface area contributed by atoms with Crippen molar-refractivity contribution in [3.63, 3.8) is 0 Å². The molecule has 2 unspecified atom stereocenters. The molecule has 2 nitrogen and oxygen atoms in total. The number of hydrogen-bond donors (Lipinski definition) is 0. The molecule has 0 radical (unpaired) electrons. The van der Waals surface area contributed by atoms with Crippen LogP contribution in [-0.4, -0.2) is 36.9 Å². The van der Waals surface area contributed by atoms with E-state index < -0.39 is 0 Å². The van der Waals surface area contributed by atoms with Crippen LogP contribution in [0, 0.1) is 0 Å². The number of ether oxygens (including phenoxy) is 2. The Morgan fingerprint density at radius 2 is 2.10 bits per heavy atom. The van der Waals surface area contributed by atoms with Crippen LogP contribution in [0.3, 0.4) is 0 Å². The third-order valence-electron chi connectivity index (χ3n) is 2.00. The molecule has 2 aliphatic heterocycles. The highest BCUT2D eigenvalue weighted by Gasteiger charge is 2.33. The maximum absolute atomic E-state index is 5.54. The van der Waals surface area contributed by atoms with Crippen molar-refractivity contribution in [2.45, 2.75) is 18.6 Å². The van der Waals surface area contributed by atoms with Gasteiger partial charge in [0.05, 0.1) is 19.3 Å². The minimum atomic E-state index is 0.424.